The Morgan fingerprint density at radius 1 is 1.00 bits per heavy atom. The molecule has 0 aliphatic carbocycles. The molecule has 0 fully saturated rings. The fraction of sp³-hybridized carbons (Fsp3) is 0.278. The zero-order valence-electron chi connectivity index (χ0n) is 14.9. The van der Waals surface area contributed by atoms with Crippen molar-refractivity contribution in [3.05, 3.63) is 54.1 Å². The summed E-state index contributed by atoms with van der Waals surface area (Å²) in [6.45, 7) is 8.00. The van der Waals surface area contributed by atoms with Crippen LogP contribution in [0.3, 0.4) is 0 Å². The van der Waals surface area contributed by atoms with Crippen LogP contribution in [-0.2, 0) is 10.0 Å². The molecular weight excluding hydrogens is 322 g/mol. The lowest BCUT2D eigenvalue weighted by atomic mass is 10.2. The van der Waals surface area contributed by atoms with E-state index >= 15 is 0 Å². The Hall–Kier alpha value is -2.34. The van der Waals surface area contributed by atoms with Crippen LogP contribution in [0.15, 0.2) is 53.4 Å². The molecule has 0 spiro atoms. The molecule has 24 heavy (non-hydrogen) atoms. The van der Waals surface area contributed by atoms with E-state index in [-0.39, 0.29) is 1.43 Å². The highest BCUT2D eigenvalue weighted by Crippen LogP contribution is 2.37. The highest BCUT2D eigenvalue weighted by molar-refractivity contribution is 7.94. The second-order valence-electron chi connectivity index (χ2n) is 4.21. The van der Waals surface area contributed by atoms with Crippen molar-refractivity contribution in [3.8, 4) is 0 Å². The standard InChI is InChI=1S/C7H8N2.C7H7NO2S.2C2H6.H2/c8-5-6-3-1-2-4-7(6)9;1-8-6-4-2-3-5-7(6)11(8,9)10;2*1-2;/h1-5,8H,9H2;2-5H,1H3;2*1-2H3;1H. The number of hydrogen-bond acceptors (Lipinski definition) is 4. The molecule has 0 radical (unpaired) electrons. The average Bonchev–Trinajstić information content (AvgIpc) is 2.65. The van der Waals surface area contributed by atoms with Crippen LogP contribution in [0.2, 0.25) is 0 Å². The number of sulfonamides is 1. The van der Waals surface area contributed by atoms with Gasteiger partial charge in [0.15, 0.2) is 0 Å². The van der Waals surface area contributed by atoms with E-state index in [4.69, 9.17) is 11.1 Å². The van der Waals surface area contributed by atoms with E-state index in [0.29, 0.717) is 10.6 Å². The van der Waals surface area contributed by atoms with Crippen molar-refractivity contribution < 1.29 is 9.84 Å². The van der Waals surface area contributed by atoms with Crippen LogP contribution < -0.4 is 10.0 Å². The van der Waals surface area contributed by atoms with E-state index in [1.54, 1.807) is 31.3 Å². The van der Waals surface area contributed by atoms with Crippen molar-refractivity contribution in [1.82, 2.24) is 0 Å². The highest BCUT2D eigenvalue weighted by atomic mass is 32.2. The number of nitrogens with zero attached hydrogens (tertiary/aromatic N) is 1. The largest absolute Gasteiger partial charge is 0.398 e. The molecule has 134 valence electrons. The Labute approximate surface area is 147 Å². The number of benzene rings is 2. The summed E-state index contributed by atoms with van der Waals surface area (Å²) < 4.78 is 23.6. The van der Waals surface area contributed by atoms with Crippen molar-refractivity contribution in [3.63, 3.8) is 0 Å². The monoisotopic (exact) mass is 351 g/mol. The lowest BCUT2D eigenvalue weighted by Crippen LogP contribution is -2.36. The van der Waals surface area contributed by atoms with Crippen LogP contribution in [0.25, 0.3) is 0 Å². The molecule has 2 aromatic carbocycles. The van der Waals surface area contributed by atoms with Crippen molar-refractivity contribution in [2.24, 2.45) is 0 Å². The summed E-state index contributed by atoms with van der Waals surface area (Å²) in [5.41, 5.74) is 7.70. The molecule has 3 rings (SSSR count). The van der Waals surface area contributed by atoms with Crippen LogP contribution in [0.1, 0.15) is 34.7 Å². The topological polar surface area (TPSA) is 87.2 Å². The third-order valence-electron chi connectivity index (χ3n) is 2.99. The van der Waals surface area contributed by atoms with Gasteiger partial charge in [-0.2, -0.15) is 0 Å². The van der Waals surface area contributed by atoms with E-state index in [1.807, 2.05) is 52.0 Å². The molecule has 6 heteroatoms. The minimum absolute atomic E-state index is 0. The third kappa shape index (κ3) is 4.83. The molecule has 1 heterocycles. The molecule has 0 unspecified atom stereocenters. The minimum Gasteiger partial charge on any atom is -0.398 e. The molecule has 0 aromatic heterocycles. The van der Waals surface area contributed by atoms with Gasteiger partial charge in [-0.05, 0) is 18.2 Å². The fourth-order valence-corrected chi connectivity index (χ4v) is 3.12. The highest BCUT2D eigenvalue weighted by Gasteiger charge is 2.35. The predicted octanol–water partition coefficient (Wildman–Crippen LogP) is 4.39. The second-order valence-corrected chi connectivity index (χ2v) is 6.15. The molecule has 1 aliphatic rings. The first kappa shape index (κ1) is 21.7. The smallest absolute Gasteiger partial charge is 0.266 e. The maximum Gasteiger partial charge on any atom is 0.266 e. The summed E-state index contributed by atoms with van der Waals surface area (Å²) in [5, 5.41) is 6.88. The zero-order valence-corrected chi connectivity index (χ0v) is 15.8. The van der Waals surface area contributed by atoms with E-state index < -0.39 is 10.0 Å². The van der Waals surface area contributed by atoms with Gasteiger partial charge in [0.2, 0.25) is 0 Å². The van der Waals surface area contributed by atoms with Gasteiger partial charge in [-0.1, -0.05) is 58.0 Å². The summed E-state index contributed by atoms with van der Waals surface area (Å²) >= 11 is 0. The van der Waals surface area contributed by atoms with Gasteiger partial charge in [-0.3, -0.25) is 4.31 Å². The third-order valence-corrected chi connectivity index (χ3v) is 4.81. The number of nitrogens with one attached hydrogen (secondary N) is 1. The molecule has 3 N–H and O–H groups in total. The van der Waals surface area contributed by atoms with Crippen molar-refractivity contribution in [2.45, 2.75) is 32.6 Å². The van der Waals surface area contributed by atoms with Gasteiger partial charge in [0.1, 0.15) is 4.90 Å². The first-order valence-electron chi connectivity index (χ1n) is 7.91. The molecular formula is C18H29N3O2S. The maximum absolute atomic E-state index is 11.2. The summed E-state index contributed by atoms with van der Waals surface area (Å²) in [6, 6.07) is 14.2. The summed E-state index contributed by atoms with van der Waals surface area (Å²) in [6.07, 6.45) is 1.25. The Kier molecular flexibility index (Phi) is 9.42. The number of nitrogen functional groups attached to an aromatic ring is 1. The molecule has 1 aliphatic heterocycles. The SMILES string of the molecule is CC.CC.CN1c2ccccc2S1(=O)=O.N=Cc1ccccc1N.[HH]. The Morgan fingerprint density at radius 3 is 1.96 bits per heavy atom. The molecule has 0 bridgehead atoms. The van der Waals surface area contributed by atoms with Gasteiger partial charge >= 0.3 is 0 Å². The van der Waals surface area contributed by atoms with Gasteiger partial charge in [-0.15, -0.1) is 0 Å². The van der Waals surface area contributed by atoms with Gasteiger partial charge in [0.05, 0.1) is 5.69 Å². The number of rotatable bonds is 1. The van der Waals surface area contributed by atoms with Gasteiger partial charge in [0, 0.05) is 25.9 Å². The second kappa shape index (κ2) is 10.4. The van der Waals surface area contributed by atoms with E-state index in [2.05, 4.69) is 0 Å². The van der Waals surface area contributed by atoms with E-state index in [1.165, 1.54) is 10.5 Å². The molecule has 5 nitrogen and oxygen atoms in total. The van der Waals surface area contributed by atoms with Crippen LogP contribution in [0.5, 0.6) is 0 Å². The fourth-order valence-electron chi connectivity index (χ4n) is 1.82. The minimum atomic E-state index is -3.09. The molecule has 0 saturated carbocycles. The zero-order chi connectivity index (χ0) is 18.8. The lowest BCUT2D eigenvalue weighted by Gasteiger charge is -2.30. The number of fused-ring (bicyclic) bond motifs is 1. The number of para-hydroxylation sites is 2. The number of anilines is 2. The van der Waals surface area contributed by atoms with Crippen molar-refractivity contribution >= 4 is 27.6 Å². The van der Waals surface area contributed by atoms with Gasteiger partial charge in [0.25, 0.3) is 10.0 Å². The first-order chi connectivity index (χ1) is 11.5. The quantitative estimate of drug-likeness (QED) is 0.590. The Bertz CT molecular complexity index is 749. The van der Waals surface area contributed by atoms with Crippen molar-refractivity contribution in [2.75, 3.05) is 17.1 Å². The molecule has 2 aromatic rings. The van der Waals surface area contributed by atoms with Crippen LogP contribution in [0.4, 0.5) is 11.4 Å². The van der Waals surface area contributed by atoms with Gasteiger partial charge < -0.3 is 11.1 Å². The van der Waals surface area contributed by atoms with Crippen LogP contribution >= 0.6 is 0 Å². The van der Waals surface area contributed by atoms with E-state index in [0.717, 1.165) is 11.3 Å². The predicted molar refractivity (Wildman–Crippen MR) is 106 cm³/mol. The average molecular weight is 352 g/mol. The lowest BCUT2D eigenvalue weighted by molar-refractivity contribution is 0.587. The summed E-state index contributed by atoms with van der Waals surface area (Å²) in [7, 11) is -1.53. The van der Waals surface area contributed by atoms with E-state index in [9.17, 15) is 8.42 Å². The Balaban J connectivity index is 0. The van der Waals surface area contributed by atoms with Crippen LogP contribution in [-0.4, -0.2) is 21.7 Å². The Morgan fingerprint density at radius 2 is 1.50 bits per heavy atom. The first-order valence-corrected chi connectivity index (χ1v) is 9.35. The summed E-state index contributed by atoms with van der Waals surface area (Å²) in [4.78, 5) is 0.433. The summed E-state index contributed by atoms with van der Waals surface area (Å²) in [5.74, 6) is 0. The van der Waals surface area contributed by atoms with Crippen LogP contribution in [0, 0.1) is 5.41 Å². The molecule has 0 saturated heterocycles. The normalized spacial score (nSPS) is 12.5. The number of nitrogens with two attached hydrogens (primary N) is 1. The van der Waals surface area contributed by atoms with Crippen molar-refractivity contribution in [1.29, 1.82) is 5.41 Å². The molecule has 0 atom stereocenters. The number of hydrogen-bond donors (Lipinski definition) is 2. The molecule has 0 amide bonds. The van der Waals surface area contributed by atoms with Gasteiger partial charge in [-0.25, -0.2) is 8.42 Å². The maximum atomic E-state index is 11.2.